The first-order chi connectivity index (χ1) is 9.17. The minimum Gasteiger partial charge on any atom is -0.405 e. The molecular weight excluding hydrogens is 240 g/mol. The van der Waals surface area contributed by atoms with E-state index in [0.717, 1.165) is 18.8 Å². The number of allylic oxidation sites excluding steroid dienone is 1. The van der Waals surface area contributed by atoms with Crippen molar-refractivity contribution in [2.75, 3.05) is 6.54 Å². The van der Waals surface area contributed by atoms with Crippen molar-refractivity contribution in [2.45, 2.75) is 25.8 Å². The molecule has 0 heterocycles. The average Bonchev–Trinajstić information content (AvgIpc) is 3.20. The summed E-state index contributed by atoms with van der Waals surface area (Å²) in [5.41, 5.74) is 5.20. The lowest BCUT2D eigenvalue weighted by molar-refractivity contribution is 0.606. The number of rotatable bonds is 8. The van der Waals surface area contributed by atoms with Gasteiger partial charge >= 0.3 is 0 Å². The SMILES string of the molecule is C=C(N=C/C=C\N)NC(=NC=N)C(C)NCC1CC1. The van der Waals surface area contributed by atoms with E-state index in [1.807, 2.05) is 6.92 Å². The molecule has 6 heteroatoms. The molecule has 5 N–H and O–H groups in total. The van der Waals surface area contributed by atoms with Crippen LogP contribution in [0.1, 0.15) is 19.8 Å². The highest BCUT2D eigenvalue weighted by Gasteiger charge is 2.22. The Hall–Kier alpha value is -1.95. The lowest BCUT2D eigenvalue weighted by Gasteiger charge is -2.17. The van der Waals surface area contributed by atoms with Crippen LogP contribution in [0.2, 0.25) is 0 Å². The van der Waals surface area contributed by atoms with E-state index in [1.54, 1.807) is 12.3 Å². The van der Waals surface area contributed by atoms with Crippen molar-refractivity contribution in [3.63, 3.8) is 0 Å². The summed E-state index contributed by atoms with van der Waals surface area (Å²) in [7, 11) is 0. The number of amidine groups is 1. The number of hydrogen-bond acceptors (Lipinski definition) is 4. The van der Waals surface area contributed by atoms with Crippen LogP contribution in [0.4, 0.5) is 0 Å². The molecule has 1 aliphatic carbocycles. The second-order valence-electron chi connectivity index (χ2n) is 4.45. The number of aliphatic imine (C=N–C) groups is 2. The van der Waals surface area contributed by atoms with E-state index in [0.29, 0.717) is 11.7 Å². The van der Waals surface area contributed by atoms with Gasteiger partial charge in [-0.05, 0) is 44.5 Å². The van der Waals surface area contributed by atoms with Crippen molar-refractivity contribution in [1.29, 1.82) is 5.41 Å². The molecule has 0 aliphatic heterocycles. The molecule has 1 aliphatic rings. The van der Waals surface area contributed by atoms with E-state index in [2.05, 4.69) is 27.2 Å². The molecule has 1 rings (SSSR count). The summed E-state index contributed by atoms with van der Waals surface area (Å²) in [6.45, 7) is 6.74. The largest absolute Gasteiger partial charge is 0.405 e. The number of nitrogens with two attached hydrogens (primary N) is 1. The first-order valence-electron chi connectivity index (χ1n) is 6.34. The molecule has 1 saturated carbocycles. The van der Waals surface area contributed by atoms with Crippen molar-refractivity contribution in [2.24, 2.45) is 21.6 Å². The topological polar surface area (TPSA) is 98.7 Å². The summed E-state index contributed by atoms with van der Waals surface area (Å²) in [5.74, 6) is 1.88. The third-order valence-electron chi connectivity index (χ3n) is 2.72. The minimum atomic E-state index is 0.0270. The summed E-state index contributed by atoms with van der Waals surface area (Å²) in [4.78, 5) is 8.04. The summed E-state index contributed by atoms with van der Waals surface area (Å²) in [5, 5.41) is 13.5. The third-order valence-corrected chi connectivity index (χ3v) is 2.72. The molecule has 0 aromatic heterocycles. The van der Waals surface area contributed by atoms with Crippen LogP contribution >= 0.6 is 0 Å². The predicted molar refractivity (Wildman–Crippen MR) is 80.5 cm³/mol. The quantitative estimate of drug-likeness (QED) is 0.387. The van der Waals surface area contributed by atoms with Crippen LogP contribution in [-0.2, 0) is 0 Å². The van der Waals surface area contributed by atoms with Gasteiger partial charge in [0.25, 0.3) is 0 Å². The Morgan fingerprint density at radius 3 is 2.89 bits per heavy atom. The standard InChI is InChI=1S/C13H22N6/c1-10(17-8-12-4-5-12)13(18-9-15)19-11(2)16-7-3-6-14/h3,6-7,9-10,12,17H,2,4-5,8,14H2,1H3,(H2,15,18,19)/b6-3-,16-7?. The van der Waals surface area contributed by atoms with Gasteiger partial charge in [0, 0.05) is 6.21 Å². The lowest BCUT2D eigenvalue weighted by atomic mass is 10.3. The number of nitrogens with zero attached hydrogens (tertiary/aromatic N) is 2. The Balaban J connectivity index is 2.48. The minimum absolute atomic E-state index is 0.0270. The van der Waals surface area contributed by atoms with Crippen LogP contribution in [0.25, 0.3) is 0 Å². The van der Waals surface area contributed by atoms with E-state index in [9.17, 15) is 0 Å². The summed E-state index contributed by atoms with van der Waals surface area (Å²) >= 11 is 0. The van der Waals surface area contributed by atoms with E-state index in [4.69, 9.17) is 11.1 Å². The first-order valence-corrected chi connectivity index (χ1v) is 6.34. The molecule has 6 nitrogen and oxygen atoms in total. The van der Waals surface area contributed by atoms with Gasteiger partial charge in [-0.1, -0.05) is 6.58 Å². The molecule has 104 valence electrons. The van der Waals surface area contributed by atoms with E-state index in [1.165, 1.54) is 19.0 Å². The third kappa shape index (κ3) is 6.52. The Kier molecular flexibility index (Phi) is 6.52. The van der Waals surface area contributed by atoms with Gasteiger partial charge < -0.3 is 16.4 Å². The van der Waals surface area contributed by atoms with Crippen LogP contribution in [0.3, 0.4) is 0 Å². The van der Waals surface area contributed by atoms with Gasteiger partial charge in [-0.15, -0.1) is 0 Å². The van der Waals surface area contributed by atoms with Crippen molar-refractivity contribution in [3.05, 3.63) is 24.7 Å². The fourth-order valence-electron chi connectivity index (χ4n) is 1.45. The van der Waals surface area contributed by atoms with Crippen molar-refractivity contribution in [1.82, 2.24) is 10.6 Å². The van der Waals surface area contributed by atoms with Gasteiger partial charge in [-0.2, -0.15) is 0 Å². The van der Waals surface area contributed by atoms with Gasteiger partial charge in [0.1, 0.15) is 18.0 Å². The molecule has 0 saturated heterocycles. The predicted octanol–water partition coefficient (Wildman–Crippen LogP) is 0.984. The smallest absolute Gasteiger partial charge is 0.126 e. The Labute approximate surface area is 114 Å². The Morgan fingerprint density at radius 2 is 2.32 bits per heavy atom. The van der Waals surface area contributed by atoms with Crippen molar-refractivity contribution < 1.29 is 0 Å². The van der Waals surface area contributed by atoms with Crippen LogP contribution in [-0.4, -0.2) is 31.0 Å². The maximum atomic E-state index is 7.09. The molecule has 0 radical (unpaired) electrons. The zero-order valence-electron chi connectivity index (χ0n) is 11.3. The molecule has 1 fully saturated rings. The fraction of sp³-hybridized carbons (Fsp3) is 0.462. The molecular formula is C13H22N6. The Bertz CT molecular complexity index is 392. The summed E-state index contributed by atoms with van der Waals surface area (Å²) in [6, 6.07) is 0.0270. The van der Waals surface area contributed by atoms with Crippen LogP contribution in [0, 0.1) is 11.3 Å². The van der Waals surface area contributed by atoms with E-state index in [-0.39, 0.29) is 6.04 Å². The maximum absolute atomic E-state index is 7.09. The monoisotopic (exact) mass is 262 g/mol. The highest BCUT2D eigenvalue weighted by molar-refractivity contribution is 5.93. The van der Waals surface area contributed by atoms with Crippen LogP contribution < -0.4 is 16.4 Å². The Morgan fingerprint density at radius 1 is 1.58 bits per heavy atom. The maximum Gasteiger partial charge on any atom is 0.126 e. The molecule has 1 atom stereocenters. The molecule has 0 aromatic rings. The van der Waals surface area contributed by atoms with E-state index < -0.39 is 0 Å². The fourth-order valence-corrected chi connectivity index (χ4v) is 1.45. The molecule has 0 amide bonds. The highest BCUT2D eigenvalue weighted by atomic mass is 15.1. The number of nitrogens with one attached hydrogen (secondary N) is 3. The van der Waals surface area contributed by atoms with Crippen molar-refractivity contribution >= 4 is 18.4 Å². The zero-order chi connectivity index (χ0) is 14.1. The molecule has 19 heavy (non-hydrogen) atoms. The average molecular weight is 262 g/mol. The molecule has 1 unspecified atom stereocenters. The van der Waals surface area contributed by atoms with Crippen molar-refractivity contribution in [3.8, 4) is 0 Å². The molecule has 0 aromatic carbocycles. The van der Waals surface area contributed by atoms with Gasteiger partial charge in [0.15, 0.2) is 0 Å². The number of hydrogen-bond donors (Lipinski definition) is 4. The van der Waals surface area contributed by atoms with Crippen LogP contribution in [0.5, 0.6) is 0 Å². The van der Waals surface area contributed by atoms with E-state index >= 15 is 0 Å². The zero-order valence-corrected chi connectivity index (χ0v) is 11.3. The normalized spacial score (nSPS) is 17.8. The van der Waals surface area contributed by atoms with Gasteiger partial charge in [-0.3, -0.25) is 5.41 Å². The highest BCUT2D eigenvalue weighted by Crippen LogP contribution is 2.27. The van der Waals surface area contributed by atoms with Gasteiger partial charge in [-0.25, -0.2) is 9.98 Å². The molecule has 0 bridgehead atoms. The summed E-state index contributed by atoms with van der Waals surface area (Å²) in [6.07, 6.45) is 8.14. The van der Waals surface area contributed by atoms with Crippen LogP contribution in [0.15, 0.2) is 34.7 Å². The summed E-state index contributed by atoms with van der Waals surface area (Å²) < 4.78 is 0. The van der Waals surface area contributed by atoms with Gasteiger partial charge in [0.2, 0.25) is 0 Å². The second-order valence-corrected chi connectivity index (χ2v) is 4.45. The first kappa shape index (κ1) is 15.1. The molecule has 0 spiro atoms. The van der Waals surface area contributed by atoms with Gasteiger partial charge in [0.05, 0.1) is 6.04 Å². The lowest BCUT2D eigenvalue weighted by Crippen LogP contribution is -2.42. The second kappa shape index (κ2) is 8.20.